The summed E-state index contributed by atoms with van der Waals surface area (Å²) in [5, 5.41) is 9.67. The molecule has 1 heterocycles. The lowest BCUT2D eigenvalue weighted by Crippen LogP contribution is -2.47. The average Bonchev–Trinajstić information content (AvgIpc) is 3.16. The highest BCUT2D eigenvalue weighted by Crippen LogP contribution is 2.28. The number of nitrogens with zero attached hydrogens (tertiary/aromatic N) is 1. The lowest BCUT2D eigenvalue weighted by atomic mass is 9.85. The van der Waals surface area contributed by atoms with Gasteiger partial charge in [0.05, 0.1) is 0 Å². The van der Waals surface area contributed by atoms with Gasteiger partial charge in [0.2, 0.25) is 11.8 Å². The Morgan fingerprint density at radius 3 is 2.30 bits per heavy atom. The molecule has 0 spiro atoms. The summed E-state index contributed by atoms with van der Waals surface area (Å²) in [6.45, 7) is 5.93. The molecule has 0 radical (unpaired) electrons. The molecule has 156 valence electrons. The molecule has 3 N–H and O–H groups in total. The summed E-state index contributed by atoms with van der Waals surface area (Å²) in [5.74, 6) is 1.16. The van der Waals surface area contributed by atoms with E-state index in [0.717, 1.165) is 65.0 Å². The molecule has 3 fully saturated rings. The van der Waals surface area contributed by atoms with Crippen molar-refractivity contribution in [2.75, 3.05) is 39.3 Å². The topological polar surface area (TPSA) is 73.5 Å². The zero-order valence-corrected chi connectivity index (χ0v) is 17.3. The second-order valence-corrected chi connectivity index (χ2v) is 8.35. The van der Waals surface area contributed by atoms with Crippen LogP contribution < -0.4 is 16.0 Å². The van der Waals surface area contributed by atoms with Crippen LogP contribution in [-0.2, 0) is 9.59 Å². The lowest BCUT2D eigenvalue weighted by Gasteiger charge is -2.30. The summed E-state index contributed by atoms with van der Waals surface area (Å²) >= 11 is 0. The minimum Gasteiger partial charge on any atom is -0.355 e. The molecule has 1 saturated heterocycles. The second kappa shape index (κ2) is 11.9. The van der Waals surface area contributed by atoms with Crippen LogP contribution in [0.15, 0.2) is 0 Å². The Kier molecular flexibility index (Phi) is 9.87. The number of hydrogen-bond donors (Lipinski definition) is 3. The molecule has 0 aromatic carbocycles. The van der Waals surface area contributed by atoms with Gasteiger partial charge in [-0.2, -0.15) is 0 Å². The standard InChI is InChI=1S/C20H36N4O2.ClH/c25-19(15-16-3-1-2-4-16)23-18-7-5-17(6-8-18)20(26)22-11-14-24-12-9-21-10-13-24;/h16-18,21H,1-15H2,(H,22,26)(H,23,25);1H. The summed E-state index contributed by atoms with van der Waals surface area (Å²) < 4.78 is 0. The van der Waals surface area contributed by atoms with Gasteiger partial charge in [-0.25, -0.2) is 0 Å². The van der Waals surface area contributed by atoms with Gasteiger partial charge in [0.15, 0.2) is 0 Å². The number of carbonyl (C=O) groups is 2. The molecule has 0 aromatic rings. The molecular weight excluding hydrogens is 364 g/mol. The van der Waals surface area contributed by atoms with Gasteiger partial charge < -0.3 is 16.0 Å². The van der Waals surface area contributed by atoms with Crippen molar-refractivity contribution in [3.8, 4) is 0 Å². The molecule has 6 nitrogen and oxygen atoms in total. The molecule has 7 heteroatoms. The van der Waals surface area contributed by atoms with Gasteiger partial charge in [-0.3, -0.25) is 14.5 Å². The quantitative estimate of drug-likeness (QED) is 0.608. The fraction of sp³-hybridized carbons (Fsp3) is 0.900. The summed E-state index contributed by atoms with van der Waals surface area (Å²) in [5.41, 5.74) is 0. The maximum Gasteiger partial charge on any atom is 0.223 e. The minimum absolute atomic E-state index is 0. The van der Waals surface area contributed by atoms with Gasteiger partial charge in [0.1, 0.15) is 0 Å². The number of carbonyl (C=O) groups excluding carboxylic acids is 2. The molecule has 1 aliphatic heterocycles. The van der Waals surface area contributed by atoms with Crippen molar-refractivity contribution in [1.29, 1.82) is 0 Å². The minimum atomic E-state index is 0. The zero-order valence-electron chi connectivity index (χ0n) is 16.5. The third-order valence-electron chi connectivity index (χ3n) is 6.35. The summed E-state index contributed by atoms with van der Waals surface area (Å²) in [7, 11) is 0. The number of halogens is 1. The van der Waals surface area contributed by atoms with Crippen LogP contribution in [0, 0.1) is 11.8 Å². The molecule has 0 aromatic heterocycles. The predicted octanol–water partition coefficient (Wildman–Crippen LogP) is 1.68. The van der Waals surface area contributed by atoms with E-state index in [1.54, 1.807) is 0 Å². The lowest BCUT2D eigenvalue weighted by molar-refractivity contribution is -0.126. The van der Waals surface area contributed by atoms with E-state index < -0.39 is 0 Å². The van der Waals surface area contributed by atoms with Crippen LogP contribution in [0.1, 0.15) is 57.8 Å². The Bertz CT molecular complexity index is 457. The number of rotatable bonds is 7. The first-order valence-electron chi connectivity index (χ1n) is 10.7. The number of piperazine rings is 1. The number of hydrogen-bond acceptors (Lipinski definition) is 4. The Labute approximate surface area is 170 Å². The second-order valence-electron chi connectivity index (χ2n) is 8.35. The Morgan fingerprint density at radius 1 is 0.963 bits per heavy atom. The van der Waals surface area contributed by atoms with Crippen molar-refractivity contribution in [1.82, 2.24) is 20.9 Å². The largest absolute Gasteiger partial charge is 0.355 e. The predicted molar refractivity (Wildman–Crippen MR) is 110 cm³/mol. The Morgan fingerprint density at radius 2 is 1.63 bits per heavy atom. The van der Waals surface area contributed by atoms with E-state index in [1.165, 1.54) is 25.7 Å². The molecule has 2 saturated carbocycles. The normalized spacial score (nSPS) is 27.0. The summed E-state index contributed by atoms with van der Waals surface area (Å²) in [6, 6.07) is 0.272. The van der Waals surface area contributed by atoms with Crippen molar-refractivity contribution >= 4 is 24.2 Å². The number of amides is 2. The van der Waals surface area contributed by atoms with Crippen molar-refractivity contribution in [3.63, 3.8) is 0 Å². The van der Waals surface area contributed by atoms with Gasteiger partial charge in [-0.1, -0.05) is 12.8 Å². The van der Waals surface area contributed by atoms with E-state index in [1.807, 2.05) is 0 Å². The van der Waals surface area contributed by atoms with Crippen LogP contribution in [0.25, 0.3) is 0 Å². The van der Waals surface area contributed by atoms with Crippen molar-refractivity contribution in [2.24, 2.45) is 11.8 Å². The van der Waals surface area contributed by atoms with Gasteiger partial charge in [-0.05, 0) is 44.4 Å². The highest BCUT2D eigenvalue weighted by molar-refractivity contribution is 5.85. The smallest absolute Gasteiger partial charge is 0.223 e. The van der Waals surface area contributed by atoms with E-state index >= 15 is 0 Å². The third kappa shape index (κ3) is 7.59. The van der Waals surface area contributed by atoms with Crippen LogP contribution >= 0.6 is 12.4 Å². The van der Waals surface area contributed by atoms with Crippen LogP contribution in [0.2, 0.25) is 0 Å². The van der Waals surface area contributed by atoms with Crippen LogP contribution in [0.4, 0.5) is 0 Å². The van der Waals surface area contributed by atoms with E-state index in [4.69, 9.17) is 0 Å². The molecule has 3 rings (SSSR count). The van der Waals surface area contributed by atoms with E-state index in [9.17, 15) is 9.59 Å². The molecule has 27 heavy (non-hydrogen) atoms. The van der Waals surface area contributed by atoms with Crippen molar-refractivity contribution < 1.29 is 9.59 Å². The highest BCUT2D eigenvalue weighted by atomic mass is 35.5. The number of nitrogens with one attached hydrogen (secondary N) is 3. The zero-order chi connectivity index (χ0) is 18.2. The molecule has 3 aliphatic rings. The maximum atomic E-state index is 12.4. The Balaban J connectivity index is 0.00000261. The molecule has 0 atom stereocenters. The Hall–Kier alpha value is -0.850. The fourth-order valence-corrected chi connectivity index (χ4v) is 4.68. The first kappa shape index (κ1) is 22.4. The average molecular weight is 401 g/mol. The third-order valence-corrected chi connectivity index (χ3v) is 6.35. The molecule has 2 aliphatic carbocycles. The van der Waals surface area contributed by atoms with Gasteiger partial charge in [0.25, 0.3) is 0 Å². The van der Waals surface area contributed by atoms with E-state index in [-0.39, 0.29) is 36.2 Å². The van der Waals surface area contributed by atoms with Crippen molar-refractivity contribution in [3.05, 3.63) is 0 Å². The summed E-state index contributed by atoms with van der Waals surface area (Å²) in [6.07, 6.45) is 9.37. The van der Waals surface area contributed by atoms with E-state index in [0.29, 0.717) is 12.3 Å². The van der Waals surface area contributed by atoms with Gasteiger partial charge in [-0.15, -0.1) is 12.4 Å². The van der Waals surface area contributed by atoms with Crippen LogP contribution in [-0.4, -0.2) is 62.0 Å². The SMILES string of the molecule is Cl.O=C(CC1CCCC1)NC1CCC(C(=O)NCCN2CCNCC2)CC1. The maximum absolute atomic E-state index is 12.4. The van der Waals surface area contributed by atoms with Crippen LogP contribution in [0.5, 0.6) is 0 Å². The highest BCUT2D eigenvalue weighted by Gasteiger charge is 2.27. The van der Waals surface area contributed by atoms with Gasteiger partial charge >= 0.3 is 0 Å². The fourth-order valence-electron chi connectivity index (χ4n) is 4.68. The summed E-state index contributed by atoms with van der Waals surface area (Å²) in [4.78, 5) is 26.9. The monoisotopic (exact) mass is 400 g/mol. The van der Waals surface area contributed by atoms with Crippen LogP contribution in [0.3, 0.4) is 0 Å². The molecular formula is C20H37ClN4O2. The molecule has 0 bridgehead atoms. The van der Waals surface area contributed by atoms with Crippen molar-refractivity contribution in [2.45, 2.75) is 63.8 Å². The molecule has 2 amide bonds. The van der Waals surface area contributed by atoms with Gasteiger partial charge in [0, 0.05) is 57.6 Å². The first-order valence-corrected chi connectivity index (χ1v) is 10.7. The first-order chi connectivity index (χ1) is 12.7. The van der Waals surface area contributed by atoms with E-state index in [2.05, 4.69) is 20.9 Å². The molecule has 0 unspecified atom stereocenters.